The van der Waals surface area contributed by atoms with Crippen LogP contribution in [0.3, 0.4) is 0 Å². The van der Waals surface area contributed by atoms with Crippen LogP contribution in [-0.2, 0) is 29.2 Å². The average Bonchev–Trinajstić information content (AvgIpc) is 3.47. The van der Waals surface area contributed by atoms with E-state index in [9.17, 15) is 32.4 Å². The third-order valence-electron chi connectivity index (χ3n) is 10.0. The van der Waals surface area contributed by atoms with E-state index in [1.165, 1.54) is 22.3 Å². The number of piperidine rings is 1. The molecule has 270 valence electrons. The Morgan fingerprint density at radius 3 is 2.23 bits per heavy atom. The Morgan fingerprint density at radius 2 is 1.71 bits per heavy atom. The minimum atomic E-state index is -3.75. The Balaban J connectivity index is 1.81. The Labute approximate surface area is 289 Å². The first-order chi connectivity index (χ1) is 22.2. The first-order valence-electron chi connectivity index (χ1n) is 16.7. The summed E-state index contributed by atoms with van der Waals surface area (Å²) in [5, 5.41) is 12.7. The molecule has 1 unspecified atom stereocenters. The number of urea groups is 1. The van der Waals surface area contributed by atoms with E-state index < -0.39 is 69.1 Å². The van der Waals surface area contributed by atoms with E-state index in [2.05, 4.69) is 21.3 Å². The van der Waals surface area contributed by atoms with E-state index in [-0.39, 0.29) is 46.9 Å². The van der Waals surface area contributed by atoms with Crippen molar-refractivity contribution in [2.75, 3.05) is 26.7 Å². The summed E-state index contributed by atoms with van der Waals surface area (Å²) < 4.78 is 27.6. The molecule has 1 aliphatic heterocycles. The maximum Gasteiger partial charge on any atom is 0.315 e. The molecular weight excluding hydrogens is 657 g/mol. The molecule has 48 heavy (non-hydrogen) atoms. The molecule has 4 N–H and O–H groups in total. The van der Waals surface area contributed by atoms with Gasteiger partial charge in [0.1, 0.15) is 16.3 Å². The Kier molecular flexibility index (Phi) is 12.5. The normalized spacial score (nSPS) is 22.6. The van der Waals surface area contributed by atoms with E-state index in [4.69, 9.17) is 0 Å². The molecule has 1 aromatic heterocycles. The van der Waals surface area contributed by atoms with Crippen molar-refractivity contribution in [1.82, 2.24) is 30.5 Å². The van der Waals surface area contributed by atoms with Crippen molar-refractivity contribution in [3.05, 3.63) is 17.5 Å². The number of ketones is 1. The van der Waals surface area contributed by atoms with E-state index >= 15 is 0 Å². The van der Waals surface area contributed by atoms with Gasteiger partial charge in [-0.25, -0.2) is 13.2 Å². The second kappa shape index (κ2) is 15.2. The minimum absolute atomic E-state index is 0.0250. The maximum absolute atomic E-state index is 14.3. The largest absolute Gasteiger partial charge is 0.350 e. The van der Waals surface area contributed by atoms with E-state index in [0.717, 1.165) is 11.3 Å². The lowest BCUT2D eigenvalue weighted by atomic mass is 9.85. The standard InChI is InChI=1S/C33H54N6O7S2/c1-11-19(4)22(18-38(10)48(45,46)23-15-14-16-47-23)36-31(44)37-27(32(5,6)7)30(43)39-17-20-24(33(20,8)9)25(39)28(41)35-21(12-2)26(40)29(42)34-13-3/h14-16,19-22,24-25,27H,11-13,17-18H2,1-10H3,(H,34,42)(H,35,41)(H2,36,37,44)/t19-,20-,21?,22+,24-,25-,27+/m0/s1. The topological polar surface area (TPSA) is 174 Å². The van der Waals surface area contributed by atoms with Crippen LogP contribution in [-0.4, -0.2) is 98.0 Å². The number of sulfonamides is 1. The van der Waals surface area contributed by atoms with Crippen LogP contribution >= 0.6 is 11.3 Å². The highest BCUT2D eigenvalue weighted by Gasteiger charge is 2.70. The zero-order chi connectivity index (χ0) is 36.4. The third kappa shape index (κ3) is 8.39. The molecule has 1 aromatic rings. The number of amides is 5. The molecule has 3 rings (SSSR count). The second-order valence-corrected chi connectivity index (χ2v) is 17.9. The summed E-state index contributed by atoms with van der Waals surface area (Å²) in [5.41, 5.74) is -0.964. The summed E-state index contributed by atoms with van der Waals surface area (Å²) in [7, 11) is -2.27. The number of thiophene rings is 1. The number of nitrogens with one attached hydrogen (secondary N) is 4. The summed E-state index contributed by atoms with van der Waals surface area (Å²) >= 11 is 1.12. The van der Waals surface area contributed by atoms with Crippen LogP contribution in [0.15, 0.2) is 21.7 Å². The number of carbonyl (C=O) groups is 5. The van der Waals surface area contributed by atoms with Gasteiger partial charge in [0.25, 0.3) is 15.9 Å². The van der Waals surface area contributed by atoms with Crippen LogP contribution in [0, 0.1) is 28.6 Å². The van der Waals surface area contributed by atoms with E-state index in [1.807, 2.05) is 48.5 Å². The number of rotatable bonds is 15. The van der Waals surface area contributed by atoms with E-state index in [0.29, 0.717) is 13.0 Å². The van der Waals surface area contributed by atoms with Gasteiger partial charge in [0.05, 0.1) is 6.04 Å². The zero-order valence-corrected chi connectivity index (χ0v) is 31.5. The van der Waals surface area contributed by atoms with Gasteiger partial charge in [0.15, 0.2) is 0 Å². The van der Waals surface area contributed by atoms with Crippen molar-refractivity contribution in [1.29, 1.82) is 0 Å². The number of fused-ring (bicyclic) bond motifs is 1. The lowest BCUT2D eigenvalue weighted by Gasteiger charge is -2.38. The van der Waals surface area contributed by atoms with Crippen molar-refractivity contribution in [3.8, 4) is 0 Å². The second-order valence-electron chi connectivity index (χ2n) is 14.7. The highest BCUT2D eigenvalue weighted by Crippen LogP contribution is 2.65. The van der Waals surface area contributed by atoms with Gasteiger partial charge >= 0.3 is 6.03 Å². The van der Waals surface area contributed by atoms with Crippen LogP contribution in [0.25, 0.3) is 0 Å². The molecule has 0 radical (unpaired) electrons. The molecule has 1 saturated carbocycles. The first-order valence-corrected chi connectivity index (χ1v) is 19.1. The summed E-state index contributed by atoms with van der Waals surface area (Å²) in [6.07, 6.45) is 0.872. The quantitative estimate of drug-likeness (QED) is 0.203. The van der Waals surface area contributed by atoms with Crippen molar-refractivity contribution in [2.45, 2.75) is 104 Å². The van der Waals surface area contributed by atoms with Crippen molar-refractivity contribution in [3.63, 3.8) is 0 Å². The summed E-state index contributed by atoms with van der Waals surface area (Å²) in [6, 6.07) is -0.931. The molecule has 0 bridgehead atoms. The van der Waals surface area contributed by atoms with Crippen LogP contribution in [0.5, 0.6) is 0 Å². The SMILES string of the molecule is CCNC(=O)C(=O)C(CC)NC(=O)[C@@H]1[C@@H]2[C@H](CN1C(=O)[C@@H](NC(=O)N[C@H](CN(C)S(=O)(=O)c1cccs1)[C@@H](C)CC)C(C)(C)C)C2(C)C. The highest BCUT2D eigenvalue weighted by molar-refractivity contribution is 7.91. The van der Waals surface area contributed by atoms with Crippen LogP contribution in [0.2, 0.25) is 0 Å². The van der Waals surface area contributed by atoms with Crippen LogP contribution in [0.1, 0.15) is 75.2 Å². The summed E-state index contributed by atoms with van der Waals surface area (Å²) in [5.74, 6) is -2.63. The van der Waals surface area contributed by atoms with Gasteiger partial charge in [-0.05, 0) is 53.4 Å². The maximum atomic E-state index is 14.3. The number of carbonyl (C=O) groups excluding carboxylic acids is 5. The lowest BCUT2D eigenvalue weighted by molar-refractivity contribution is -0.145. The lowest BCUT2D eigenvalue weighted by Crippen LogP contribution is -2.62. The fraction of sp³-hybridized carbons (Fsp3) is 0.727. The number of hydrogen-bond donors (Lipinski definition) is 4. The van der Waals surface area contributed by atoms with E-state index in [1.54, 1.807) is 25.3 Å². The molecule has 13 nitrogen and oxygen atoms in total. The molecule has 0 aromatic carbocycles. The number of likely N-dealkylation sites (N-methyl/N-ethyl adjacent to an activating group) is 2. The van der Waals surface area contributed by atoms with Gasteiger partial charge in [-0.1, -0.05) is 67.9 Å². The predicted molar refractivity (Wildman–Crippen MR) is 184 cm³/mol. The number of Topliss-reactive ketones (excluding diaryl/α,β-unsaturated/α-hetero) is 1. The molecule has 2 fully saturated rings. The molecule has 1 aliphatic carbocycles. The van der Waals surface area contributed by atoms with Crippen molar-refractivity contribution >= 4 is 50.9 Å². The molecule has 5 amide bonds. The molecule has 2 aliphatic rings. The average molecular weight is 711 g/mol. The van der Waals surface area contributed by atoms with Crippen LogP contribution < -0.4 is 21.3 Å². The predicted octanol–water partition coefficient (Wildman–Crippen LogP) is 2.58. The molecule has 1 saturated heterocycles. The molecule has 7 atom stereocenters. The summed E-state index contributed by atoms with van der Waals surface area (Å²) in [4.78, 5) is 68.2. The number of likely N-dealkylation sites (tertiary alicyclic amines) is 1. The number of hydrogen-bond acceptors (Lipinski definition) is 8. The Hall–Kier alpha value is -3.04. The summed E-state index contributed by atoms with van der Waals surface area (Å²) in [6.45, 7) is 17.4. The molecule has 15 heteroatoms. The number of nitrogens with zero attached hydrogens (tertiary/aromatic N) is 2. The molecule has 0 spiro atoms. The fourth-order valence-corrected chi connectivity index (χ4v) is 8.97. The van der Waals surface area contributed by atoms with Gasteiger partial charge in [0, 0.05) is 32.7 Å². The van der Waals surface area contributed by atoms with Gasteiger partial charge in [-0.2, -0.15) is 4.31 Å². The van der Waals surface area contributed by atoms with Gasteiger partial charge in [-0.3, -0.25) is 19.2 Å². The van der Waals surface area contributed by atoms with Crippen LogP contribution in [0.4, 0.5) is 4.79 Å². The monoisotopic (exact) mass is 710 g/mol. The van der Waals surface area contributed by atoms with Gasteiger partial charge in [0.2, 0.25) is 17.6 Å². The fourth-order valence-electron chi connectivity index (χ4n) is 6.58. The Morgan fingerprint density at radius 1 is 1.06 bits per heavy atom. The van der Waals surface area contributed by atoms with Crippen molar-refractivity contribution in [2.24, 2.45) is 28.6 Å². The van der Waals surface area contributed by atoms with Gasteiger partial charge in [-0.15, -0.1) is 11.3 Å². The smallest absolute Gasteiger partial charge is 0.315 e. The molecular formula is C33H54N6O7S2. The van der Waals surface area contributed by atoms with Crippen molar-refractivity contribution < 1.29 is 32.4 Å². The Bertz CT molecular complexity index is 1460. The third-order valence-corrected chi connectivity index (χ3v) is 13.2. The highest BCUT2D eigenvalue weighted by atomic mass is 32.2. The minimum Gasteiger partial charge on any atom is -0.350 e. The zero-order valence-electron chi connectivity index (χ0n) is 29.9. The van der Waals surface area contributed by atoms with Gasteiger partial charge < -0.3 is 26.2 Å². The molecule has 2 heterocycles. The first kappa shape index (κ1) is 39.4.